The highest BCUT2D eigenvalue weighted by Gasteiger charge is 2.16. The average molecular weight is 304 g/mol. The number of hydrogen-bond acceptors (Lipinski definition) is 4. The van der Waals surface area contributed by atoms with Gasteiger partial charge in [0.2, 0.25) is 5.91 Å². The summed E-state index contributed by atoms with van der Waals surface area (Å²) in [4.78, 5) is 19.7. The fourth-order valence-corrected chi connectivity index (χ4v) is 3.32. The van der Waals surface area contributed by atoms with Crippen molar-refractivity contribution in [1.29, 1.82) is 0 Å². The molecule has 0 radical (unpaired) electrons. The summed E-state index contributed by atoms with van der Waals surface area (Å²) in [7, 11) is 0. The molecule has 0 aromatic carbocycles. The third-order valence-electron chi connectivity index (χ3n) is 3.78. The van der Waals surface area contributed by atoms with Crippen molar-refractivity contribution in [3.63, 3.8) is 0 Å². The van der Waals surface area contributed by atoms with Crippen LogP contribution < -0.4 is 0 Å². The van der Waals surface area contributed by atoms with Crippen LogP contribution in [0.25, 0.3) is 0 Å². The van der Waals surface area contributed by atoms with Crippen molar-refractivity contribution in [2.45, 2.75) is 38.5 Å². The van der Waals surface area contributed by atoms with Gasteiger partial charge in [-0.25, -0.2) is 4.98 Å². The Bertz CT molecular complexity index is 578. The molecule has 6 heteroatoms. The first-order chi connectivity index (χ1) is 10.3. The van der Waals surface area contributed by atoms with Gasteiger partial charge >= 0.3 is 0 Å². The van der Waals surface area contributed by atoms with Gasteiger partial charge in [0.25, 0.3) is 0 Å². The van der Waals surface area contributed by atoms with Crippen LogP contribution in [0.1, 0.15) is 42.2 Å². The van der Waals surface area contributed by atoms with Crippen LogP contribution in [0, 0.1) is 0 Å². The van der Waals surface area contributed by atoms with E-state index in [-0.39, 0.29) is 5.91 Å². The third kappa shape index (κ3) is 3.91. The lowest BCUT2D eigenvalue weighted by molar-refractivity contribution is -0.130. The standard InChI is InChI=1S/C15H20N4OS/c20-15-6-2-1-3-8-19(15)9-7-13-16-14(18-17-13)11-12-5-4-10-21-12/h4-5,10H,1-3,6-9,11H2,(H,16,17,18). The van der Waals surface area contributed by atoms with E-state index in [0.29, 0.717) is 6.42 Å². The molecule has 0 aliphatic carbocycles. The summed E-state index contributed by atoms with van der Waals surface area (Å²) in [6.07, 6.45) is 5.52. The number of amides is 1. The molecule has 0 atom stereocenters. The average Bonchev–Trinajstić information content (AvgIpc) is 3.10. The van der Waals surface area contributed by atoms with Crippen molar-refractivity contribution in [3.8, 4) is 0 Å². The summed E-state index contributed by atoms with van der Waals surface area (Å²) >= 11 is 1.73. The maximum absolute atomic E-state index is 11.9. The first-order valence-electron chi connectivity index (χ1n) is 7.51. The number of likely N-dealkylation sites (tertiary alicyclic amines) is 1. The molecule has 3 heterocycles. The van der Waals surface area contributed by atoms with E-state index in [4.69, 9.17) is 0 Å². The Kier molecular flexibility index (Phi) is 4.65. The van der Waals surface area contributed by atoms with Crippen LogP contribution in [0.3, 0.4) is 0 Å². The van der Waals surface area contributed by atoms with E-state index in [1.165, 1.54) is 4.88 Å². The van der Waals surface area contributed by atoms with Gasteiger partial charge in [0.1, 0.15) is 5.82 Å². The second-order valence-corrected chi connectivity index (χ2v) is 6.43. The summed E-state index contributed by atoms with van der Waals surface area (Å²) in [5, 5.41) is 9.32. The van der Waals surface area contributed by atoms with Crippen LogP contribution in [-0.4, -0.2) is 39.1 Å². The number of carbonyl (C=O) groups excluding carboxylic acids is 1. The second kappa shape index (κ2) is 6.85. The number of nitrogens with zero attached hydrogens (tertiary/aromatic N) is 3. The molecule has 1 aliphatic rings. The van der Waals surface area contributed by atoms with Gasteiger partial charge in [0.15, 0.2) is 5.82 Å². The molecule has 1 fully saturated rings. The highest BCUT2D eigenvalue weighted by molar-refractivity contribution is 7.09. The molecule has 1 amide bonds. The lowest BCUT2D eigenvalue weighted by Gasteiger charge is -2.19. The number of aromatic nitrogens is 3. The number of thiophene rings is 1. The Morgan fingerprint density at radius 3 is 3.14 bits per heavy atom. The highest BCUT2D eigenvalue weighted by Crippen LogP contribution is 2.13. The summed E-state index contributed by atoms with van der Waals surface area (Å²) in [5.41, 5.74) is 0. The van der Waals surface area contributed by atoms with Crippen LogP contribution in [0.2, 0.25) is 0 Å². The molecule has 0 unspecified atom stereocenters. The molecular formula is C15H20N4OS. The SMILES string of the molecule is O=C1CCCCCN1CCc1n[nH]c(Cc2cccs2)n1. The van der Waals surface area contributed by atoms with Crippen molar-refractivity contribution < 1.29 is 4.79 Å². The van der Waals surface area contributed by atoms with Crippen molar-refractivity contribution >= 4 is 17.2 Å². The fraction of sp³-hybridized carbons (Fsp3) is 0.533. The molecule has 5 nitrogen and oxygen atoms in total. The van der Waals surface area contributed by atoms with E-state index >= 15 is 0 Å². The topological polar surface area (TPSA) is 61.9 Å². The van der Waals surface area contributed by atoms with Gasteiger partial charge in [-0.15, -0.1) is 11.3 Å². The fourth-order valence-electron chi connectivity index (χ4n) is 2.61. The zero-order valence-corrected chi connectivity index (χ0v) is 12.9. The summed E-state index contributed by atoms with van der Waals surface area (Å²) in [6, 6.07) is 4.14. The molecule has 0 saturated carbocycles. The Morgan fingerprint density at radius 2 is 2.29 bits per heavy atom. The number of rotatable bonds is 5. The predicted molar refractivity (Wildman–Crippen MR) is 82.3 cm³/mol. The van der Waals surface area contributed by atoms with Crippen LogP contribution in [0.4, 0.5) is 0 Å². The maximum atomic E-state index is 11.9. The molecule has 21 heavy (non-hydrogen) atoms. The van der Waals surface area contributed by atoms with Gasteiger partial charge in [-0.1, -0.05) is 12.5 Å². The molecule has 112 valence electrons. The van der Waals surface area contributed by atoms with E-state index in [9.17, 15) is 4.79 Å². The lowest BCUT2D eigenvalue weighted by Crippen LogP contribution is -2.32. The minimum Gasteiger partial charge on any atom is -0.342 e. The van der Waals surface area contributed by atoms with Crippen LogP contribution in [0.5, 0.6) is 0 Å². The Labute approximate surface area is 128 Å². The molecule has 1 aliphatic heterocycles. The van der Waals surface area contributed by atoms with Gasteiger partial charge in [-0.3, -0.25) is 9.89 Å². The highest BCUT2D eigenvalue weighted by atomic mass is 32.1. The number of aromatic amines is 1. The smallest absolute Gasteiger partial charge is 0.222 e. The maximum Gasteiger partial charge on any atom is 0.222 e. The zero-order valence-electron chi connectivity index (χ0n) is 12.0. The van der Waals surface area contributed by atoms with Crippen molar-refractivity contribution in [3.05, 3.63) is 34.0 Å². The molecular weight excluding hydrogens is 284 g/mol. The third-order valence-corrected chi connectivity index (χ3v) is 4.65. The zero-order chi connectivity index (χ0) is 14.5. The molecule has 2 aromatic heterocycles. The first kappa shape index (κ1) is 14.3. The van der Waals surface area contributed by atoms with Gasteiger partial charge in [-0.2, -0.15) is 5.10 Å². The van der Waals surface area contributed by atoms with E-state index in [1.54, 1.807) is 11.3 Å². The normalized spacial score (nSPS) is 16.2. The quantitative estimate of drug-likeness (QED) is 0.922. The minimum atomic E-state index is 0.279. The largest absolute Gasteiger partial charge is 0.342 e. The Balaban J connectivity index is 1.53. The van der Waals surface area contributed by atoms with Crippen LogP contribution in [-0.2, 0) is 17.6 Å². The summed E-state index contributed by atoms with van der Waals surface area (Å²) < 4.78 is 0. The molecule has 2 aromatic rings. The number of carbonyl (C=O) groups is 1. The van der Waals surface area contributed by atoms with E-state index < -0.39 is 0 Å². The lowest BCUT2D eigenvalue weighted by atomic mass is 10.2. The van der Waals surface area contributed by atoms with E-state index in [0.717, 1.165) is 56.8 Å². The van der Waals surface area contributed by atoms with Crippen LogP contribution in [0.15, 0.2) is 17.5 Å². The van der Waals surface area contributed by atoms with Crippen molar-refractivity contribution in [2.24, 2.45) is 0 Å². The number of hydrogen-bond donors (Lipinski definition) is 1. The Morgan fingerprint density at radius 1 is 1.33 bits per heavy atom. The van der Waals surface area contributed by atoms with Gasteiger partial charge in [-0.05, 0) is 24.3 Å². The van der Waals surface area contributed by atoms with Crippen LogP contribution >= 0.6 is 11.3 Å². The van der Waals surface area contributed by atoms with Gasteiger partial charge < -0.3 is 4.90 Å². The number of H-pyrrole nitrogens is 1. The van der Waals surface area contributed by atoms with Gasteiger partial charge in [0.05, 0.1) is 0 Å². The Hall–Kier alpha value is -1.69. The van der Waals surface area contributed by atoms with E-state index in [2.05, 4.69) is 26.6 Å². The molecule has 0 bridgehead atoms. The predicted octanol–water partition coefficient (Wildman–Crippen LogP) is 2.40. The summed E-state index contributed by atoms with van der Waals surface area (Å²) in [5.74, 6) is 1.98. The van der Waals surface area contributed by atoms with Crippen molar-refractivity contribution in [2.75, 3.05) is 13.1 Å². The van der Waals surface area contributed by atoms with E-state index in [1.807, 2.05) is 11.0 Å². The molecule has 1 N–H and O–H groups in total. The molecule has 0 spiro atoms. The van der Waals surface area contributed by atoms with Gasteiger partial charge in [0, 0.05) is 37.2 Å². The minimum absolute atomic E-state index is 0.279. The number of nitrogens with one attached hydrogen (secondary N) is 1. The van der Waals surface area contributed by atoms with Crippen molar-refractivity contribution in [1.82, 2.24) is 20.1 Å². The first-order valence-corrected chi connectivity index (χ1v) is 8.39. The second-order valence-electron chi connectivity index (χ2n) is 5.40. The molecule has 1 saturated heterocycles. The monoisotopic (exact) mass is 304 g/mol. The molecule has 3 rings (SSSR count). The summed E-state index contributed by atoms with van der Waals surface area (Å²) in [6.45, 7) is 1.61.